The van der Waals surface area contributed by atoms with Gasteiger partial charge in [0, 0.05) is 17.0 Å². The molecule has 0 bridgehead atoms. The molecule has 0 saturated carbocycles. The van der Waals surface area contributed by atoms with Crippen molar-refractivity contribution in [1.82, 2.24) is 9.97 Å². The van der Waals surface area contributed by atoms with Crippen molar-refractivity contribution in [2.75, 3.05) is 25.3 Å². The van der Waals surface area contributed by atoms with Gasteiger partial charge in [-0.05, 0) is 19.1 Å². The van der Waals surface area contributed by atoms with Crippen molar-refractivity contribution in [2.45, 2.75) is 6.92 Å². The number of carbonyl (C=O) groups is 1. The summed E-state index contributed by atoms with van der Waals surface area (Å²) in [5.41, 5.74) is 7.77. The van der Waals surface area contributed by atoms with E-state index in [9.17, 15) is 4.79 Å². The lowest BCUT2D eigenvalue weighted by molar-refractivity contribution is 0.102. The summed E-state index contributed by atoms with van der Waals surface area (Å²) in [7, 11) is 3.03. The highest BCUT2D eigenvalue weighted by Crippen LogP contribution is 2.40. The van der Waals surface area contributed by atoms with Crippen LogP contribution in [0.25, 0.3) is 10.9 Å². The summed E-state index contributed by atoms with van der Waals surface area (Å²) in [5, 5.41) is 3.71. The van der Waals surface area contributed by atoms with Crippen molar-refractivity contribution in [2.24, 2.45) is 0 Å². The molecule has 3 aromatic rings. The van der Waals surface area contributed by atoms with E-state index in [4.69, 9.17) is 26.8 Å². The summed E-state index contributed by atoms with van der Waals surface area (Å²) >= 11 is 6.38. The standard InChI is InChI=1S/C18H17ClN4O3/c1-9-12(25-2)7-13(26-3)14(19)15(9)23-18(24)11-6-4-5-10-16(11)21-8-22-17(10)20/h4-8H,1-3H3,(H,23,24)(H2,20,21,22). The zero-order valence-corrected chi connectivity index (χ0v) is 15.2. The van der Waals surface area contributed by atoms with Gasteiger partial charge in [-0.25, -0.2) is 9.97 Å². The number of methoxy groups -OCH3 is 2. The Labute approximate surface area is 155 Å². The number of anilines is 2. The molecule has 2 aromatic carbocycles. The summed E-state index contributed by atoms with van der Waals surface area (Å²) in [6.07, 6.45) is 1.32. The van der Waals surface area contributed by atoms with Crippen LogP contribution in [0.2, 0.25) is 5.02 Å². The molecule has 0 unspecified atom stereocenters. The quantitative estimate of drug-likeness (QED) is 0.727. The van der Waals surface area contributed by atoms with Crippen LogP contribution in [0, 0.1) is 6.92 Å². The number of amides is 1. The van der Waals surface area contributed by atoms with Crippen LogP contribution in [-0.2, 0) is 0 Å². The minimum atomic E-state index is -0.381. The van der Waals surface area contributed by atoms with E-state index in [1.54, 1.807) is 31.2 Å². The van der Waals surface area contributed by atoms with Crippen LogP contribution in [0.3, 0.4) is 0 Å². The van der Waals surface area contributed by atoms with Crippen molar-refractivity contribution in [3.05, 3.63) is 46.7 Å². The molecule has 1 heterocycles. The van der Waals surface area contributed by atoms with Gasteiger partial charge < -0.3 is 20.5 Å². The third-order valence-electron chi connectivity index (χ3n) is 4.06. The first-order valence-corrected chi connectivity index (χ1v) is 8.07. The Morgan fingerprint density at radius 3 is 2.62 bits per heavy atom. The molecule has 26 heavy (non-hydrogen) atoms. The third kappa shape index (κ3) is 2.97. The van der Waals surface area contributed by atoms with Gasteiger partial charge in [0.25, 0.3) is 5.91 Å². The maximum atomic E-state index is 12.9. The fraction of sp³-hybridized carbons (Fsp3) is 0.167. The van der Waals surface area contributed by atoms with E-state index in [0.29, 0.717) is 45.0 Å². The number of benzene rings is 2. The number of halogens is 1. The van der Waals surface area contributed by atoms with Crippen LogP contribution in [0.4, 0.5) is 11.5 Å². The zero-order valence-electron chi connectivity index (χ0n) is 14.5. The van der Waals surface area contributed by atoms with E-state index >= 15 is 0 Å². The monoisotopic (exact) mass is 372 g/mol. The SMILES string of the molecule is COc1cc(OC)c(Cl)c(NC(=O)c2cccc3c(N)ncnc23)c1C. The Kier molecular flexibility index (Phi) is 4.81. The molecule has 0 radical (unpaired) electrons. The first kappa shape index (κ1) is 17.8. The molecule has 0 aliphatic heterocycles. The van der Waals surface area contributed by atoms with Gasteiger partial charge in [0.05, 0.1) is 31.0 Å². The van der Waals surface area contributed by atoms with Crippen LogP contribution in [0.15, 0.2) is 30.6 Å². The molecule has 3 rings (SSSR count). The second kappa shape index (κ2) is 7.05. The molecule has 8 heteroatoms. The number of carbonyl (C=O) groups excluding carboxylic acids is 1. The maximum absolute atomic E-state index is 12.9. The van der Waals surface area contributed by atoms with Crippen LogP contribution in [0.1, 0.15) is 15.9 Å². The number of nitrogens with one attached hydrogen (secondary N) is 1. The molecule has 0 aliphatic carbocycles. The molecule has 0 spiro atoms. The average Bonchev–Trinajstić information content (AvgIpc) is 2.65. The lowest BCUT2D eigenvalue weighted by Gasteiger charge is -2.17. The summed E-state index contributed by atoms with van der Waals surface area (Å²) < 4.78 is 10.6. The number of ether oxygens (including phenoxy) is 2. The Bertz CT molecular complexity index is 979. The average molecular weight is 373 g/mol. The molecule has 1 amide bonds. The second-order valence-electron chi connectivity index (χ2n) is 5.51. The van der Waals surface area contributed by atoms with Crippen molar-refractivity contribution in [1.29, 1.82) is 0 Å². The third-order valence-corrected chi connectivity index (χ3v) is 4.44. The van der Waals surface area contributed by atoms with Crippen molar-refractivity contribution >= 4 is 39.9 Å². The van der Waals surface area contributed by atoms with E-state index in [0.717, 1.165) is 0 Å². The number of fused-ring (bicyclic) bond motifs is 1. The van der Waals surface area contributed by atoms with Gasteiger partial charge in [-0.2, -0.15) is 0 Å². The van der Waals surface area contributed by atoms with E-state index in [2.05, 4.69) is 15.3 Å². The minimum Gasteiger partial charge on any atom is -0.496 e. The molecular formula is C18H17ClN4O3. The predicted molar refractivity (Wildman–Crippen MR) is 101 cm³/mol. The van der Waals surface area contributed by atoms with Gasteiger partial charge in [-0.1, -0.05) is 17.7 Å². The number of aromatic nitrogens is 2. The number of nitrogens with two attached hydrogens (primary N) is 1. The number of rotatable bonds is 4. The molecule has 3 N–H and O–H groups in total. The Morgan fingerprint density at radius 1 is 1.19 bits per heavy atom. The normalized spacial score (nSPS) is 10.6. The van der Waals surface area contributed by atoms with Gasteiger partial charge in [0.2, 0.25) is 0 Å². The topological polar surface area (TPSA) is 99.4 Å². The van der Waals surface area contributed by atoms with Crippen LogP contribution >= 0.6 is 11.6 Å². The smallest absolute Gasteiger partial charge is 0.257 e. The van der Waals surface area contributed by atoms with Gasteiger partial charge >= 0.3 is 0 Å². The Hall–Kier alpha value is -3.06. The van der Waals surface area contributed by atoms with Crippen LogP contribution < -0.4 is 20.5 Å². The van der Waals surface area contributed by atoms with Crippen LogP contribution in [-0.4, -0.2) is 30.1 Å². The summed E-state index contributed by atoms with van der Waals surface area (Å²) in [6.45, 7) is 1.79. The molecule has 0 atom stereocenters. The molecule has 0 aliphatic rings. The van der Waals surface area contributed by atoms with Crippen molar-refractivity contribution in [3.63, 3.8) is 0 Å². The first-order chi connectivity index (χ1) is 12.5. The number of para-hydroxylation sites is 1. The van der Waals surface area contributed by atoms with Gasteiger partial charge in [-0.3, -0.25) is 4.79 Å². The lowest BCUT2D eigenvalue weighted by Crippen LogP contribution is -2.15. The van der Waals surface area contributed by atoms with Crippen LogP contribution in [0.5, 0.6) is 11.5 Å². The molecule has 0 saturated heterocycles. The number of hydrogen-bond donors (Lipinski definition) is 2. The van der Waals surface area contributed by atoms with Gasteiger partial charge in [0.1, 0.15) is 28.7 Å². The van der Waals surface area contributed by atoms with Gasteiger partial charge in [-0.15, -0.1) is 0 Å². The van der Waals surface area contributed by atoms with E-state index in [1.165, 1.54) is 20.5 Å². The molecule has 0 fully saturated rings. The number of nitrogen functional groups attached to an aromatic ring is 1. The highest BCUT2D eigenvalue weighted by molar-refractivity contribution is 6.36. The van der Waals surface area contributed by atoms with E-state index in [-0.39, 0.29) is 10.9 Å². The first-order valence-electron chi connectivity index (χ1n) is 7.69. The van der Waals surface area contributed by atoms with Gasteiger partial charge in [0.15, 0.2) is 0 Å². The molecular weight excluding hydrogens is 356 g/mol. The second-order valence-corrected chi connectivity index (χ2v) is 5.89. The van der Waals surface area contributed by atoms with E-state index < -0.39 is 0 Å². The van der Waals surface area contributed by atoms with Crippen molar-refractivity contribution in [3.8, 4) is 11.5 Å². The summed E-state index contributed by atoms with van der Waals surface area (Å²) in [5.74, 6) is 0.871. The zero-order chi connectivity index (χ0) is 18.8. The Morgan fingerprint density at radius 2 is 1.92 bits per heavy atom. The fourth-order valence-electron chi connectivity index (χ4n) is 2.68. The number of hydrogen-bond acceptors (Lipinski definition) is 6. The highest BCUT2D eigenvalue weighted by atomic mass is 35.5. The predicted octanol–water partition coefficient (Wildman–Crippen LogP) is 3.44. The maximum Gasteiger partial charge on any atom is 0.257 e. The summed E-state index contributed by atoms with van der Waals surface area (Å²) in [4.78, 5) is 21.0. The van der Waals surface area contributed by atoms with E-state index in [1.807, 2.05) is 0 Å². The fourth-order valence-corrected chi connectivity index (χ4v) is 3.00. The highest BCUT2D eigenvalue weighted by Gasteiger charge is 2.20. The molecule has 134 valence electrons. The lowest BCUT2D eigenvalue weighted by atomic mass is 10.1. The van der Waals surface area contributed by atoms with Crippen molar-refractivity contribution < 1.29 is 14.3 Å². The molecule has 7 nitrogen and oxygen atoms in total. The largest absolute Gasteiger partial charge is 0.496 e. The summed E-state index contributed by atoms with van der Waals surface area (Å²) in [6, 6.07) is 6.80. The molecule has 1 aromatic heterocycles. The minimum absolute atomic E-state index is 0.286. The Balaban J connectivity index is 2.08. The number of nitrogens with zero attached hydrogens (tertiary/aromatic N) is 2.